The topological polar surface area (TPSA) is 107 Å². The maximum atomic E-state index is 12.7. The Labute approximate surface area is 128 Å². The summed E-state index contributed by atoms with van der Waals surface area (Å²) in [7, 11) is -3.79. The highest BCUT2D eigenvalue weighted by Crippen LogP contribution is 2.30. The molecule has 0 bridgehead atoms. The van der Waals surface area contributed by atoms with Crippen LogP contribution in [0.5, 0.6) is 0 Å². The normalized spacial score (nSPS) is 11.1. The molecule has 0 aliphatic rings. The van der Waals surface area contributed by atoms with Gasteiger partial charge < -0.3 is 5.73 Å². The summed E-state index contributed by atoms with van der Waals surface area (Å²) in [5.74, 6) is 0. The predicted molar refractivity (Wildman–Crippen MR) is 84.2 cm³/mol. The fraction of sp³-hybridized carbons (Fsp3) is 0.143. The monoisotopic (exact) mass is 321 g/mol. The van der Waals surface area contributed by atoms with Crippen LogP contribution < -0.4 is 10.0 Å². The van der Waals surface area contributed by atoms with Crippen LogP contribution >= 0.6 is 0 Å². The van der Waals surface area contributed by atoms with Crippen LogP contribution in [0.25, 0.3) is 0 Å². The first-order valence-corrected chi connectivity index (χ1v) is 7.93. The summed E-state index contributed by atoms with van der Waals surface area (Å²) in [5, 5.41) is 11.0. The van der Waals surface area contributed by atoms with Crippen LogP contribution in [0.4, 0.5) is 17.1 Å². The molecular formula is C14H15N3O4S. The van der Waals surface area contributed by atoms with Crippen molar-refractivity contribution < 1.29 is 13.3 Å². The van der Waals surface area contributed by atoms with Crippen molar-refractivity contribution in [1.29, 1.82) is 0 Å². The lowest BCUT2D eigenvalue weighted by molar-refractivity contribution is -0.383. The van der Waals surface area contributed by atoms with E-state index >= 15 is 0 Å². The van der Waals surface area contributed by atoms with Crippen LogP contribution in [0.1, 0.15) is 6.92 Å². The fourth-order valence-corrected chi connectivity index (χ4v) is 3.54. The predicted octanol–water partition coefficient (Wildman–Crippen LogP) is 2.39. The highest BCUT2D eigenvalue weighted by molar-refractivity contribution is 7.92. The van der Waals surface area contributed by atoms with E-state index < -0.39 is 14.9 Å². The number of anilines is 2. The smallest absolute Gasteiger partial charge is 0.294 e. The molecule has 0 aliphatic carbocycles. The van der Waals surface area contributed by atoms with Gasteiger partial charge in [0.05, 0.1) is 15.5 Å². The Morgan fingerprint density at radius 2 is 1.82 bits per heavy atom. The Bertz CT molecular complexity index is 791. The van der Waals surface area contributed by atoms with Gasteiger partial charge in [-0.05, 0) is 31.2 Å². The summed E-state index contributed by atoms with van der Waals surface area (Å²) in [6.45, 7) is 1.79. The van der Waals surface area contributed by atoms with E-state index in [0.29, 0.717) is 0 Å². The molecule has 0 aromatic heterocycles. The number of rotatable bonds is 5. The average Bonchev–Trinajstić information content (AvgIpc) is 2.50. The number of hydrogen-bond acceptors (Lipinski definition) is 5. The first-order valence-electron chi connectivity index (χ1n) is 6.49. The minimum Gasteiger partial charge on any atom is -0.393 e. The van der Waals surface area contributed by atoms with Crippen molar-refractivity contribution in [1.82, 2.24) is 0 Å². The standard InChI is InChI=1S/C14H15N3O4S/c1-2-16(22(20,21)12-6-4-3-5-7-12)11-8-9-13(15)14(10-11)17(18)19/h3-10H,2,15H2,1H3. The van der Waals surface area contributed by atoms with Gasteiger partial charge in [0.1, 0.15) is 5.69 Å². The lowest BCUT2D eigenvalue weighted by atomic mass is 10.2. The third-order valence-corrected chi connectivity index (χ3v) is 5.03. The second-order valence-electron chi connectivity index (χ2n) is 4.48. The molecule has 0 heterocycles. The number of sulfonamides is 1. The van der Waals surface area contributed by atoms with Crippen LogP contribution in [-0.4, -0.2) is 19.9 Å². The van der Waals surface area contributed by atoms with E-state index in [4.69, 9.17) is 5.73 Å². The summed E-state index contributed by atoms with van der Waals surface area (Å²) in [6, 6.07) is 11.8. The molecule has 0 amide bonds. The molecule has 0 radical (unpaired) electrons. The van der Waals surface area contributed by atoms with Crippen molar-refractivity contribution in [2.45, 2.75) is 11.8 Å². The molecular weight excluding hydrogens is 306 g/mol. The van der Waals surface area contributed by atoms with Crippen molar-refractivity contribution in [3.05, 3.63) is 58.6 Å². The van der Waals surface area contributed by atoms with Gasteiger partial charge >= 0.3 is 0 Å². The fourth-order valence-electron chi connectivity index (χ4n) is 2.06. The minimum atomic E-state index is -3.79. The van der Waals surface area contributed by atoms with Crippen LogP contribution in [0.3, 0.4) is 0 Å². The molecule has 0 aliphatic heterocycles. The highest BCUT2D eigenvalue weighted by atomic mass is 32.2. The van der Waals surface area contributed by atoms with Gasteiger partial charge in [-0.3, -0.25) is 14.4 Å². The summed E-state index contributed by atoms with van der Waals surface area (Å²) < 4.78 is 26.4. The van der Waals surface area contributed by atoms with E-state index in [0.717, 1.165) is 4.31 Å². The number of nitrogens with zero attached hydrogens (tertiary/aromatic N) is 2. The maximum absolute atomic E-state index is 12.7. The first kappa shape index (κ1) is 15.8. The molecule has 0 fully saturated rings. The number of nitro groups is 1. The summed E-state index contributed by atoms with van der Waals surface area (Å²) in [4.78, 5) is 10.4. The maximum Gasteiger partial charge on any atom is 0.294 e. The summed E-state index contributed by atoms with van der Waals surface area (Å²) >= 11 is 0. The van der Waals surface area contributed by atoms with Crippen LogP contribution in [-0.2, 0) is 10.0 Å². The molecule has 8 heteroatoms. The molecule has 2 N–H and O–H groups in total. The molecule has 2 aromatic carbocycles. The Morgan fingerprint density at radius 3 is 2.36 bits per heavy atom. The third-order valence-electron chi connectivity index (χ3n) is 3.12. The van der Waals surface area contributed by atoms with Gasteiger partial charge in [-0.2, -0.15) is 0 Å². The largest absolute Gasteiger partial charge is 0.393 e. The van der Waals surface area contributed by atoms with E-state index in [2.05, 4.69) is 0 Å². The van der Waals surface area contributed by atoms with Crippen molar-refractivity contribution in [2.24, 2.45) is 0 Å². The minimum absolute atomic E-state index is 0.0121. The molecule has 0 atom stereocenters. The Hall–Kier alpha value is -2.61. The molecule has 0 unspecified atom stereocenters. The number of nitro benzene ring substituents is 1. The van der Waals surface area contributed by atoms with Gasteiger partial charge in [0.25, 0.3) is 15.7 Å². The highest BCUT2D eigenvalue weighted by Gasteiger charge is 2.25. The summed E-state index contributed by atoms with van der Waals surface area (Å²) in [5.41, 5.74) is 5.41. The molecule has 2 aromatic rings. The SMILES string of the molecule is CCN(c1ccc(N)c([N+](=O)[O-])c1)S(=O)(=O)c1ccccc1. The number of nitrogens with two attached hydrogens (primary N) is 1. The Morgan fingerprint density at radius 1 is 1.18 bits per heavy atom. The van der Waals surface area contributed by atoms with E-state index in [-0.39, 0.29) is 28.5 Å². The van der Waals surface area contributed by atoms with E-state index in [9.17, 15) is 18.5 Å². The zero-order valence-electron chi connectivity index (χ0n) is 11.8. The molecule has 22 heavy (non-hydrogen) atoms. The second kappa shape index (κ2) is 6.02. The number of hydrogen-bond donors (Lipinski definition) is 1. The van der Waals surface area contributed by atoms with Crippen molar-refractivity contribution >= 4 is 27.1 Å². The summed E-state index contributed by atoms with van der Waals surface area (Å²) in [6.07, 6.45) is 0. The molecule has 0 saturated heterocycles. The van der Waals surface area contributed by atoms with Gasteiger partial charge in [-0.25, -0.2) is 8.42 Å². The molecule has 7 nitrogen and oxygen atoms in total. The molecule has 2 rings (SSSR count). The average molecular weight is 321 g/mol. The number of nitrogen functional groups attached to an aromatic ring is 1. The van der Waals surface area contributed by atoms with Gasteiger partial charge in [-0.1, -0.05) is 18.2 Å². The van der Waals surface area contributed by atoms with E-state index in [1.807, 2.05) is 0 Å². The van der Waals surface area contributed by atoms with Crippen molar-refractivity contribution in [3.8, 4) is 0 Å². The molecule has 0 spiro atoms. The first-order chi connectivity index (χ1) is 10.4. The lowest BCUT2D eigenvalue weighted by Crippen LogP contribution is -2.30. The Kier molecular flexibility index (Phi) is 4.32. The van der Waals surface area contributed by atoms with Crippen molar-refractivity contribution in [3.63, 3.8) is 0 Å². The number of benzene rings is 2. The van der Waals surface area contributed by atoms with Gasteiger partial charge in [0, 0.05) is 12.6 Å². The van der Waals surface area contributed by atoms with Crippen molar-refractivity contribution in [2.75, 3.05) is 16.6 Å². The quantitative estimate of drug-likeness (QED) is 0.517. The zero-order chi connectivity index (χ0) is 16.3. The Balaban J connectivity index is 2.54. The molecule has 116 valence electrons. The third kappa shape index (κ3) is 2.86. The van der Waals surface area contributed by atoms with E-state index in [1.54, 1.807) is 25.1 Å². The van der Waals surface area contributed by atoms with Gasteiger partial charge in [0.15, 0.2) is 0 Å². The van der Waals surface area contributed by atoms with Crippen LogP contribution in [0, 0.1) is 10.1 Å². The second-order valence-corrected chi connectivity index (χ2v) is 6.35. The van der Waals surface area contributed by atoms with E-state index in [1.165, 1.54) is 30.3 Å². The molecule has 0 saturated carbocycles. The van der Waals surface area contributed by atoms with Gasteiger partial charge in [-0.15, -0.1) is 0 Å². The zero-order valence-corrected chi connectivity index (χ0v) is 12.7. The lowest BCUT2D eigenvalue weighted by Gasteiger charge is -2.22. The van der Waals surface area contributed by atoms with Crippen LogP contribution in [0.15, 0.2) is 53.4 Å². The van der Waals surface area contributed by atoms with Crippen LogP contribution in [0.2, 0.25) is 0 Å². The van der Waals surface area contributed by atoms with Gasteiger partial charge in [0.2, 0.25) is 0 Å².